The molecule has 0 aliphatic carbocycles. The first-order chi connectivity index (χ1) is 8.79. The zero-order valence-electron chi connectivity index (χ0n) is 9.33. The number of thiazole rings is 1. The number of anilines is 1. The minimum atomic E-state index is -0.266. The quantitative estimate of drug-likeness (QED) is 0.857. The van der Waals surface area contributed by atoms with Crippen molar-refractivity contribution in [3.63, 3.8) is 0 Å². The molecule has 0 atom stereocenters. The summed E-state index contributed by atoms with van der Waals surface area (Å²) in [7, 11) is 0. The van der Waals surface area contributed by atoms with Crippen molar-refractivity contribution >= 4 is 28.5 Å². The van der Waals surface area contributed by atoms with E-state index in [1.807, 2.05) is 6.07 Å². The van der Waals surface area contributed by atoms with E-state index in [9.17, 15) is 4.79 Å². The molecule has 2 aromatic rings. The topological polar surface area (TPSA) is 65.8 Å². The van der Waals surface area contributed by atoms with Gasteiger partial charge in [-0.15, -0.1) is 11.3 Å². The lowest BCUT2D eigenvalue weighted by Gasteiger charge is -1.97. The van der Waals surface area contributed by atoms with Gasteiger partial charge in [-0.2, -0.15) is 5.26 Å². The lowest BCUT2D eigenvalue weighted by Crippen LogP contribution is -2.07. The van der Waals surface area contributed by atoms with Crippen LogP contribution in [0.25, 0.3) is 6.08 Å². The standard InChI is InChI=1S/C13H9N3OS/c14-9-11-4-2-1-3-10(11)5-6-12(17)16-13-15-7-8-18-13/h1-8H,(H,15,16,17). The number of hydrogen-bond donors (Lipinski definition) is 1. The van der Waals surface area contributed by atoms with E-state index in [1.54, 1.807) is 35.9 Å². The van der Waals surface area contributed by atoms with Gasteiger partial charge in [0.25, 0.3) is 0 Å². The van der Waals surface area contributed by atoms with Crippen molar-refractivity contribution in [2.24, 2.45) is 0 Å². The van der Waals surface area contributed by atoms with Crippen LogP contribution in [-0.4, -0.2) is 10.9 Å². The lowest BCUT2D eigenvalue weighted by atomic mass is 10.1. The molecule has 2 rings (SSSR count). The molecule has 5 heteroatoms. The van der Waals surface area contributed by atoms with Gasteiger partial charge in [0.1, 0.15) is 0 Å². The zero-order chi connectivity index (χ0) is 12.8. The largest absolute Gasteiger partial charge is 0.298 e. The number of rotatable bonds is 3. The number of carbonyl (C=O) groups is 1. The molecule has 0 radical (unpaired) electrons. The van der Waals surface area contributed by atoms with Gasteiger partial charge in [-0.1, -0.05) is 18.2 Å². The Morgan fingerprint density at radius 1 is 1.44 bits per heavy atom. The highest BCUT2D eigenvalue weighted by molar-refractivity contribution is 7.13. The second kappa shape index (κ2) is 5.75. The fourth-order valence-electron chi connectivity index (χ4n) is 1.34. The first kappa shape index (κ1) is 12.0. The van der Waals surface area contributed by atoms with Crippen LogP contribution in [0.3, 0.4) is 0 Å². The van der Waals surface area contributed by atoms with Gasteiger partial charge in [0.2, 0.25) is 5.91 Å². The molecule has 0 bridgehead atoms. The molecule has 1 aromatic heterocycles. The van der Waals surface area contributed by atoms with E-state index >= 15 is 0 Å². The number of nitrogens with one attached hydrogen (secondary N) is 1. The maximum atomic E-state index is 11.6. The molecule has 4 nitrogen and oxygen atoms in total. The molecule has 1 N–H and O–H groups in total. The van der Waals surface area contributed by atoms with E-state index in [4.69, 9.17) is 5.26 Å². The lowest BCUT2D eigenvalue weighted by molar-refractivity contribution is -0.111. The maximum absolute atomic E-state index is 11.6. The van der Waals surface area contributed by atoms with Gasteiger partial charge in [0.15, 0.2) is 5.13 Å². The molecular weight excluding hydrogens is 246 g/mol. The Kier molecular flexibility index (Phi) is 3.84. The Hall–Kier alpha value is -2.45. The minimum absolute atomic E-state index is 0.266. The van der Waals surface area contributed by atoms with Gasteiger partial charge in [-0.3, -0.25) is 10.1 Å². The van der Waals surface area contributed by atoms with Crippen molar-refractivity contribution in [1.82, 2.24) is 4.98 Å². The smallest absolute Gasteiger partial charge is 0.250 e. The molecule has 1 heterocycles. The molecule has 1 amide bonds. The highest BCUT2D eigenvalue weighted by Gasteiger charge is 2.00. The molecule has 0 spiro atoms. The second-order valence-corrected chi connectivity index (χ2v) is 4.25. The van der Waals surface area contributed by atoms with Crippen molar-refractivity contribution < 1.29 is 4.79 Å². The summed E-state index contributed by atoms with van der Waals surface area (Å²) in [5.74, 6) is -0.266. The summed E-state index contributed by atoms with van der Waals surface area (Å²) in [5, 5.41) is 13.9. The summed E-state index contributed by atoms with van der Waals surface area (Å²) in [6.45, 7) is 0. The van der Waals surface area contributed by atoms with Crippen LogP contribution in [0.1, 0.15) is 11.1 Å². The van der Waals surface area contributed by atoms with E-state index in [0.29, 0.717) is 16.3 Å². The van der Waals surface area contributed by atoms with Crippen LogP contribution in [0, 0.1) is 11.3 Å². The number of nitriles is 1. The SMILES string of the molecule is N#Cc1ccccc1C=CC(=O)Nc1nccs1. The van der Waals surface area contributed by atoms with Crippen LogP contribution in [0.15, 0.2) is 41.9 Å². The third kappa shape index (κ3) is 3.03. The molecule has 18 heavy (non-hydrogen) atoms. The number of carbonyl (C=O) groups excluding carboxylic acids is 1. The average Bonchev–Trinajstić information content (AvgIpc) is 2.89. The number of benzene rings is 1. The first-order valence-corrected chi connectivity index (χ1v) is 6.05. The van der Waals surface area contributed by atoms with Gasteiger partial charge in [-0.05, 0) is 17.7 Å². The predicted octanol–water partition coefficient (Wildman–Crippen LogP) is 2.67. The van der Waals surface area contributed by atoms with Crippen LogP contribution in [0.2, 0.25) is 0 Å². The van der Waals surface area contributed by atoms with Crippen molar-refractivity contribution in [3.8, 4) is 6.07 Å². The van der Waals surface area contributed by atoms with Gasteiger partial charge in [0, 0.05) is 17.7 Å². The van der Waals surface area contributed by atoms with Crippen LogP contribution in [0.4, 0.5) is 5.13 Å². The summed E-state index contributed by atoms with van der Waals surface area (Å²) in [4.78, 5) is 15.5. The molecule has 0 unspecified atom stereocenters. The van der Waals surface area contributed by atoms with Crippen molar-refractivity contribution in [1.29, 1.82) is 5.26 Å². The molecule has 0 aliphatic heterocycles. The molecule has 1 aromatic carbocycles. The monoisotopic (exact) mass is 255 g/mol. The second-order valence-electron chi connectivity index (χ2n) is 3.36. The summed E-state index contributed by atoms with van der Waals surface area (Å²) in [5.41, 5.74) is 1.25. The Morgan fingerprint density at radius 2 is 2.28 bits per heavy atom. The van der Waals surface area contributed by atoms with Crippen LogP contribution >= 0.6 is 11.3 Å². The fraction of sp³-hybridized carbons (Fsp3) is 0. The number of hydrogen-bond acceptors (Lipinski definition) is 4. The number of amides is 1. The molecule has 0 saturated carbocycles. The molecule has 88 valence electrons. The highest BCUT2D eigenvalue weighted by atomic mass is 32.1. The fourth-order valence-corrected chi connectivity index (χ4v) is 1.87. The van der Waals surface area contributed by atoms with E-state index in [-0.39, 0.29) is 5.91 Å². The van der Waals surface area contributed by atoms with Crippen molar-refractivity contribution in [2.75, 3.05) is 5.32 Å². The summed E-state index contributed by atoms with van der Waals surface area (Å²) < 4.78 is 0. The van der Waals surface area contributed by atoms with Gasteiger partial charge < -0.3 is 0 Å². The van der Waals surface area contributed by atoms with Crippen LogP contribution < -0.4 is 5.32 Å². The Morgan fingerprint density at radius 3 is 3.00 bits per heavy atom. The van der Waals surface area contributed by atoms with Gasteiger partial charge in [-0.25, -0.2) is 4.98 Å². The van der Waals surface area contributed by atoms with E-state index in [1.165, 1.54) is 17.4 Å². The Labute approximate surface area is 108 Å². The third-order valence-electron chi connectivity index (χ3n) is 2.16. The van der Waals surface area contributed by atoms with Crippen LogP contribution in [-0.2, 0) is 4.79 Å². The number of nitrogens with zero attached hydrogens (tertiary/aromatic N) is 2. The van der Waals surface area contributed by atoms with Crippen LogP contribution in [0.5, 0.6) is 0 Å². The summed E-state index contributed by atoms with van der Waals surface area (Å²) in [6, 6.07) is 9.16. The van der Waals surface area contributed by atoms with E-state index < -0.39 is 0 Å². The van der Waals surface area contributed by atoms with Gasteiger partial charge in [0.05, 0.1) is 11.6 Å². The predicted molar refractivity (Wildman–Crippen MR) is 70.9 cm³/mol. The van der Waals surface area contributed by atoms with Gasteiger partial charge >= 0.3 is 0 Å². The Bertz CT molecular complexity index is 611. The highest BCUT2D eigenvalue weighted by Crippen LogP contribution is 2.11. The zero-order valence-corrected chi connectivity index (χ0v) is 10.1. The average molecular weight is 255 g/mol. The normalized spacial score (nSPS) is 10.2. The van der Waals surface area contributed by atoms with E-state index in [2.05, 4.69) is 16.4 Å². The first-order valence-electron chi connectivity index (χ1n) is 5.17. The van der Waals surface area contributed by atoms with E-state index in [0.717, 1.165) is 0 Å². The summed E-state index contributed by atoms with van der Waals surface area (Å²) in [6.07, 6.45) is 4.62. The molecular formula is C13H9N3OS. The third-order valence-corrected chi connectivity index (χ3v) is 2.85. The minimum Gasteiger partial charge on any atom is -0.298 e. The molecule has 0 aliphatic rings. The molecule has 0 saturated heterocycles. The number of aromatic nitrogens is 1. The maximum Gasteiger partial charge on any atom is 0.250 e. The Balaban J connectivity index is 2.07. The van der Waals surface area contributed by atoms with Crippen molar-refractivity contribution in [3.05, 3.63) is 53.0 Å². The summed E-state index contributed by atoms with van der Waals surface area (Å²) >= 11 is 1.35. The molecule has 0 fully saturated rings. The van der Waals surface area contributed by atoms with Crippen molar-refractivity contribution in [2.45, 2.75) is 0 Å².